The van der Waals surface area contributed by atoms with E-state index in [0.29, 0.717) is 22.3 Å². The molecular weight excluding hydrogens is 456 g/mol. The number of rotatable bonds is 7. The van der Waals surface area contributed by atoms with Crippen LogP contribution in [0.15, 0.2) is 68.9 Å². The minimum atomic E-state index is -0.824. The van der Waals surface area contributed by atoms with Crippen LogP contribution in [0.5, 0.6) is 0 Å². The normalized spacial score (nSPS) is 14.9. The Hall–Kier alpha value is -4.67. The quantitative estimate of drug-likeness (QED) is 0.388. The largest absolute Gasteiger partial charge is 0.456 e. The van der Waals surface area contributed by atoms with Gasteiger partial charge in [0.15, 0.2) is 0 Å². The highest BCUT2D eigenvalue weighted by Gasteiger charge is 2.35. The molecule has 0 aliphatic carbocycles. The van der Waals surface area contributed by atoms with E-state index in [0.717, 1.165) is 0 Å². The molecule has 0 radical (unpaired) electrons. The van der Waals surface area contributed by atoms with E-state index in [4.69, 9.17) is 19.6 Å². The van der Waals surface area contributed by atoms with Crippen molar-refractivity contribution in [1.29, 1.82) is 0 Å². The van der Waals surface area contributed by atoms with Gasteiger partial charge in [0.25, 0.3) is 0 Å². The van der Waals surface area contributed by atoms with Crippen LogP contribution in [0.3, 0.4) is 0 Å². The first kappa shape index (κ1) is 23.5. The number of para-hydroxylation sites is 1. The van der Waals surface area contributed by atoms with Crippen molar-refractivity contribution in [2.45, 2.75) is 26.0 Å². The summed E-state index contributed by atoms with van der Waals surface area (Å²) in [4.78, 5) is 48.3. The molecule has 2 amide bonds. The van der Waals surface area contributed by atoms with Gasteiger partial charge < -0.3 is 19.6 Å². The Labute approximate surface area is 199 Å². The number of primary amides is 1. The Balaban J connectivity index is 1.52. The molecular formula is C24H22N4O7. The summed E-state index contributed by atoms with van der Waals surface area (Å²) in [5.74, 6) is -1.36. The molecule has 0 saturated carbocycles. The zero-order valence-electron chi connectivity index (χ0n) is 18.7. The third-order valence-corrected chi connectivity index (χ3v) is 5.21. The van der Waals surface area contributed by atoms with Gasteiger partial charge in [0, 0.05) is 35.2 Å². The van der Waals surface area contributed by atoms with Crippen LogP contribution < -0.4 is 21.7 Å². The Morgan fingerprint density at radius 3 is 2.63 bits per heavy atom. The second-order valence-corrected chi connectivity index (χ2v) is 7.57. The van der Waals surface area contributed by atoms with Crippen LogP contribution in [0.2, 0.25) is 0 Å². The molecule has 0 fully saturated rings. The molecule has 0 spiro atoms. The lowest BCUT2D eigenvalue weighted by Crippen LogP contribution is -2.39. The predicted octanol–water partition coefficient (Wildman–Crippen LogP) is 2.52. The molecule has 1 aliphatic rings. The van der Waals surface area contributed by atoms with Crippen molar-refractivity contribution < 1.29 is 28.3 Å². The van der Waals surface area contributed by atoms with Crippen LogP contribution in [-0.2, 0) is 25.7 Å². The summed E-state index contributed by atoms with van der Waals surface area (Å²) in [7, 11) is 0. The highest BCUT2D eigenvalue weighted by molar-refractivity contribution is 6.38. The molecule has 1 atom stereocenters. The fourth-order valence-electron chi connectivity index (χ4n) is 3.61. The molecule has 1 unspecified atom stereocenters. The maximum atomic E-state index is 12.7. The van der Waals surface area contributed by atoms with Crippen molar-refractivity contribution in [3.63, 3.8) is 0 Å². The van der Waals surface area contributed by atoms with E-state index in [1.165, 1.54) is 17.1 Å². The Kier molecular flexibility index (Phi) is 6.76. The van der Waals surface area contributed by atoms with E-state index in [9.17, 15) is 19.2 Å². The number of nitrogens with one attached hydrogen (secondary N) is 1. The number of anilines is 2. The number of ether oxygens (including phenoxy) is 2. The molecule has 4 rings (SSSR count). The van der Waals surface area contributed by atoms with E-state index in [1.807, 2.05) is 6.07 Å². The average molecular weight is 478 g/mol. The number of hydrogen-bond donors (Lipinski definition) is 2. The number of esters is 1. The van der Waals surface area contributed by atoms with Crippen molar-refractivity contribution in [2.75, 3.05) is 16.9 Å². The lowest BCUT2D eigenvalue weighted by Gasteiger charge is -2.20. The first-order valence-electron chi connectivity index (χ1n) is 10.7. The summed E-state index contributed by atoms with van der Waals surface area (Å²) in [5, 5.41) is 8.68. The first-order valence-corrected chi connectivity index (χ1v) is 10.7. The lowest BCUT2D eigenvalue weighted by atomic mass is 10.1. The van der Waals surface area contributed by atoms with Gasteiger partial charge in [-0.05, 0) is 31.2 Å². The second kappa shape index (κ2) is 10.1. The summed E-state index contributed by atoms with van der Waals surface area (Å²) < 4.78 is 15.5. The number of amides is 2. The molecule has 35 heavy (non-hydrogen) atoms. The zero-order valence-corrected chi connectivity index (χ0v) is 18.7. The SMILES string of the molecule is CCOC(=O)Nc1ccc2c(COC(=O)C3=NN(c4ccccc4)C(C(N)=O)C3)cc(=O)oc2c1. The van der Waals surface area contributed by atoms with Crippen molar-refractivity contribution in [2.24, 2.45) is 10.8 Å². The highest BCUT2D eigenvalue weighted by Crippen LogP contribution is 2.26. The molecule has 2 aromatic carbocycles. The van der Waals surface area contributed by atoms with Crippen LogP contribution in [0.25, 0.3) is 11.0 Å². The molecule has 180 valence electrons. The molecule has 3 N–H and O–H groups in total. The average Bonchev–Trinajstić information content (AvgIpc) is 3.29. The fraction of sp³-hybridized carbons (Fsp3) is 0.208. The van der Waals surface area contributed by atoms with Crippen molar-refractivity contribution >= 4 is 46.0 Å². The summed E-state index contributed by atoms with van der Waals surface area (Å²) >= 11 is 0. The molecule has 1 aromatic heterocycles. The lowest BCUT2D eigenvalue weighted by molar-refractivity contribution is -0.136. The van der Waals surface area contributed by atoms with Crippen LogP contribution in [0.4, 0.5) is 16.2 Å². The van der Waals surface area contributed by atoms with E-state index in [-0.39, 0.29) is 30.9 Å². The maximum absolute atomic E-state index is 12.7. The third-order valence-electron chi connectivity index (χ3n) is 5.21. The number of nitrogens with zero attached hydrogens (tertiary/aromatic N) is 2. The van der Waals surface area contributed by atoms with Crippen LogP contribution in [-0.4, -0.2) is 36.3 Å². The Bertz CT molecular complexity index is 1370. The van der Waals surface area contributed by atoms with Gasteiger partial charge in [0.05, 0.1) is 12.3 Å². The van der Waals surface area contributed by atoms with Gasteiger partial charge in [-0.25, -0.2) is 14.4 Å². The maximum Gasteiger partial charge on any atom is 0.411 e. The van der Waals surface area contributed by atoms with E-state index in [1.54, 1.807) is 43.3 Å². The van der Waals surface area contributed by atoms with E-state index >= 15 is 0 Å². The molecule has 3 aromatic rings. The predicted molar refractivity (Wildman–Crippen MR) is 127 cm³/mol. The number of hydrogen-bond acceptors (Lipinski definition) is 9. The summed E-state index contributed by atoms with van der Waals surface area (Å²) in [5.41, 5.74) is 6.46. The number of nitrogens with two attached hydrogens (primary N) is 1. The third kappa shape index (κ3) is 5.29. The Morgan fingerprint density at radius 2 is 1.91 bits per heavy atom. The van der Waals surface area contributed by atoms with Gasteiger partial charge >= 0.3 is 17.7 Å². The number of hydrazone groups is 1. The van der Waals surface area contributed by atoms with Crippen LogP contribution in [0, 0.1) is 0 Å². The monoisotopic (exact) mass is 478 g/mol. The van der Waals surface area contributed by atoms with Gasteiger partial charge in [0.1, 0.15) is 23.9 Å². The number of benzene rings is 2. The second-order valence-electron chi connectivity index (χ2n) is 7.57. The van der Waals surface area contributed by atoms with E-state index in [2.05, 4.69) is 10.4 Å². The van der Waals surface area contributed by atoms with E-state index < -0.39 is 29.6 Å². The van der Waals surface area contributed by atoms with Crippen molar-refractivity contribution in [1.82, 2.24) is 0 Å². The van der Waals surface area contributed by atoms with Crippen molar-refractivity contribution in [3.05, 3.63) is 70.6 Å². The fourth-order valence-corrected chi connectivity index (χ4v) is 3.61. The van der Waals surface area contributed by atoms with Gasteiger partial charge in [-0.2, -0.15) is 5.10 Å². The number of carbonyl (C=O) groups is 3. The number of carbonyl (C=O) groups excluding carboxylic acids is 3. The minimum Gasteiger partial charge on any atom is -0.456 e. The topological polar surface area (TPSA) is 154 Å². The van der Waals surface area contributed by atoms with Gasteiger partial charge in [-0.3, -0.25) is 15.1 Å². The Morgan fingerprint density at radius 1 is 1.14 bits per heavy atom. The molecule has 2 heterocycles. The molecule has 11 heteroatoms. The smallest absolute Gasteiger partial charge is 0.411 e. The standard InChI is InChI=1S/C24H22N4O7/c1-2-33-24(32)26-15-8-9-17-14(10-21(29)35-20(17)11-15)13-34-23(31)18-12-19(22(25)30)28(27-18)16-6-4-3-5-7-16/h3-11,19H,2,12-13H2,1H3,(H2,25,30)(H,26,32). The highest BCUT2D eigenvalue weighted by atomic mass is 16.5. The van der Waals surface area contributed by atoms with Crippen LogP contribution >= 0.6 is 0 Å². The molecule has 0 bridgehead atoms. The van der Waals surface area contributed by atoms with Gasteiger partial charge in [-0.1, -0.05) is 18.2 Å². The minimum absolute atomic E-state index is 0.0103. The van der Waals surface area contributed by atoms with Crippen LogP contribution in [0.1, 0.15) is 18.9 Å². The summed E-state index contributed by atoms with van der Waals surface area (Å²) in [6, 6.07) is 13.9. The van der Waals surface area contributed by atoms with Crippen molar-refractivity contribution in [3.8, 4) is 0 Å². The summed E-state index contributed by atoms with van der Waals surface area (Å²) in [6.45, 7) is 1.65. The molecule has 1 aliphatic heterocycles. The zero-order chi connectivity index (χ0) is 24.9. The van der Waals surface area contributed by atoms with Gasteiger partial charge in [0.2, 0.25) is 5.91 Å². The molecule has 0 saturated heterocycles. The molecule has 11 nitrogen and oxygen atoms in total. The summed E-state index contributed by atoms with van der Waals surface area (Å²) in [6.07, 6.45) is -0.653. The van der Waals surface area contributed by atoms with Gasteiger partial charge in [-0.15, -0.1) is 0 Å². The first-order chi connectivity index (χ1) is 16.9. The number of fused-ring (bicyclic) bond motifs is 1.